The van der Waals surface area contributed by atoms with Crippen molar-refractivity contribution in [2.45, 2.75) is 13.1 Å². The zero-order valence-corrected chi connectivity index (χ0v) is 14.6. The van der Waals surface area contributed by atoms with E-state index in [0.29, 0.717) is 30.8 Å². The molecule has 5 rings (SSSR count). The highest BCUT2D eigenvalue weighted by Crippen LogP contribution is 2.25. The first kappa shape index (κ1) is 15.8. The van der Waals surface area contributed by atoms with Crippen LogP contribution in [0.4, 0.5) is 0 Å². The molecule has 6 heteroatoms. The highest BCUT2D eigenvalue weighted by molar-refractivity contribution is 6.22. The number of nitrogens with zero attached hydrogens (tertiary/aromatic N) is 3. The van der Waals surface area contributed by atoms with Gasteiger partial charge < -0.3 is 9.47 Å². The average Bonchev–Trinajstić information content (AvgIpc) is 3.18. The van der Waals surface area contributed by atoms with Gasteiger partial charge in [-0.1, -0.05) is 30.3 Å². The molecule has 0 saturated heterocycles. The van der Waals surface area contributed by atoms with Gasteiger partial charge in [0.05, 0.1) is 17.7 Å². The number of benzene rings is 2. The molecule has 3 heterocycles. The molecule has 0 radical (unpaired) electrons. The summed E-state index contributed by atoms with van der Waals surface area (Å²) in [4.78, 5) is 40.5. The van der Waals surface area contributed by atoms with Crippen molar-refractivity contribution in [2.75, 3.05) is 13.1 Å². The first-order chi connectivity index (χ1) is 13.1. The molecule has 134 valence electrons. The van der Waals surface area contributed by atoms with Gasteiger partial charge in [-0.3, -0.25) is 19.3 Å². The van der Waals surface area contributed by atoms with Crippen molar-refractivity contribution in [1.29, 1.82) is 0 Å². The molecule has 2 aliphatic heterocycles. The second-order valence-electron chi connectivity index (χ2n) is 6.90. The van der Waals surface area contributed by atoms with Gasteiger partial charge in [0.1, 0.15) is 6.54 Å². The van der Waals surface area contributed by atoms with E-state index in [2.05, 4.69) is 22.8 Å². The van der Waals surface area contributed by atoms with Crippen LogP contribution in [-0.2, 0) is 17.9 Å². The van der Waals surface area contributed by atoms with Gasteiger partial charge in [-0.2, -0.15) is 0 Å². The Morgan fingerprint density at radius 2 is 1.56 bits per heavy atom. The maximum atomic E-state index is 12.8. The summed E-state index contributed by atoms with van der Waals surface area (Å²) in [6.45, 7) is 1.54. The molecule has 6 nitrogen and oxygen atoms in total. The van der Waals surface area contributed by atoms with Crippen molar-refractivity contribution in [3.05, 3.63) is 71.4 Å². The van der Waals surface area contributed by atoms with Crippen molar-refractivity contribution >= 4 is 28.6 Å². The maximum absolute atomic E-state index is 12.8. The van der Waals surface area contributed by atoms with E-state index < -0.39 is 11.8 Å². The minimum Gasteiger partial charge on any atom is -0.341 e. The summed E-state index contributed by atoms with van der Waals surface area (Å²) >= 11 is 0. The Bertz CT molecular complexity index is 1080. The summed E-state index contributed by atoms with van der Waals surface area (Å²) < 4.78 is 2.22. The predicted molar refractivity (Wildman–Crippen MR) is 99.2 cm³/mol. The van der Waals surface area contributed by atoms with Gasteiger partial charge in [0.25, 0.3) is 11.8 Å². The van der Waals surface area contributed by atoms with E-state index in [1.165, 1.54) is 5.52 Å². The van der Waals surface area contributed by atoms with Gasteiger partial charge in [-0.05, 0) is 29.7 Å². The van der Waals surface area contributed by atoms with E-state index in [-0.39, 0.29) is 12.5 Å². The third kappa shape index (κ3) is 2.37. The Morgan fingerprint density at radius 1 is 0.889 bits per heavy atom. The van der Waals surface area contributed by atoms with Gasteiger partial charge in [-0.25, -0.2) is 0 Å². The minimum absolute atomic E-state index is 0.207. The molecule has 3 amide bonds. The molecule has 0 spiro atoms. The van der Waals surface area contributed by atoms with Gasteiger partial charge >= 0.3 is 0 Å². The smallest absolute Gasteiger partial charge is 0.262 e. The lowest BCUT2D eigenvalue weighted by atomic mass is 10.1. The van der Waals surface area contributed by atoms with Crippen LogP contribution in [0.2, 0.25) is 0 Å². The third-order valence-corrected chi connectivity index (χ3v) is 5.37. The van der Waals surface area contributed by atoms with E-state index in [1.54, 1.807) is 29.2 Å². The molecule has 0 fully saturated rings. The lowest BCUT2D eigenvalue weighted by molar-refractivity contribution is -0.132. The Balaban J connectivity index is 1.36. The van der Waals surface area contributed by atoms with E-state index in [9.17, 15) is 14.4 Å². The Hall–Kier alpha value is -3.41. The SMILES string of the molecule is O=C(CN1C(=O)c2ccccc2C1=O)N1CCn2c(cc3ccccc32)C1. The van der Waals surface area contributed by atoms with Crippen LogP contribution < -0.4 is 0 Å². The predicted octanol–water partition coefficient (Wildman–Crippen LogP) is 2.28. The quantitative estimate of drug-likeness (QED) is 0.660. The lowest BCUT2D eigenvalue weighted by Gasteiger charge is -2.30. The fourth-order valence-corrected chi connectivity index (χ4v) is 3.99. The summed E-state index contributed by atoms with van der Waals surface area (Å²) in [5, 5.41) is 1.15. The van der Waals surface area contributed by atoms with E-state index >= 15 is 0 Å². The maximum Gasteiger partial charge on any atom is 0.262 e. The van der Waals surface area contributed by atoms with Crippen LogP contribution in [0, 0.1) is 0 Å². The standard InChI is InChI=1S/C21H17N3O3/c25-19(13-24-20(26)16-6-2-3-7-17(16)21(24)27)22-9-10-23-15(12-22)11-14-5-1-4-8-18(14)23/h1-8,11H,9-10,12-13H2. The van der Waals surface area contributed by atoms with E-state index in [0.717, 1.165) is 16.0 Å². The first-order valence-corrected chi connectivity index (χ1v) is 8.93. The fourth-order valence-electron chi connectivity index (χ4n) is 3.99. The number of hydrogen-bond acceptors (Lipinski definition) is 3. The lowest BCUT2D eigenvalue weighted by Crippen LogP contribution is -2.45. The molecule has 27 heavy (non-hydrogen) atoms. The third-order valence-electron chi connectivity index (χ3n) is 5.37. The molecule has 1 aromatic heterocycles. The largest absolute Gasteiger partial charge is 0.341 e. The second-order valence-corrected chi connectivity index (χ2v) is 6.90. The molecule has 0 N–H and O–H groups in total. The first-order valence-electron chi connectivity index (χ1n) is 8.93. The van der Waals surface area contributed by atoms with Crippen LogP contribution in [0.5, 0.6) is 0 Å². The molecule has 0 unspecified atom stereocenters. The zero-order valence-electron chi connectivity index (χ0n) is 14.6. The van der Waals surface area contributed by atoms with Gasteiger partial charge in [0, 0.05) is 24.3 Å². The molecule has 2 aliphatic rings. The highest BCUT2D eigenvalue weighted by Gasteiger charge is 2.37. The summed E-state index contributed by atoms with van der Waals surface area (Å²) in [5.74, 6) is -0.994. The van der Waals surface area contributed by atoms with Crippen LogP contribution >= 0.6 is 0 Å². The Morgan fingerprint density at radius 3 is 2.30 bits per heavy atom. The van der Waals surface area contributed by atoms with Crippen molar-refractivity contribution in [3.63, 3.8) is 0 Å². The van der Waals surface area contributed by atoms with Crippen molar-refractivity contribution in [1.82, 2.24) is 14.4 Å². The Kier molecular flexibility index (Phi) is 3.40. The number of amides is 3. The normalized spacial score (nSPS) is 16.0. The number of aromatic nitrogens is 1. The second kappa shape index (κ2) is 5.81. The van der Waals surface area contributed by atoms with Crippen molar-refractivity contribution in [2.24, 2.45) is 0 Å². The molecule has 0 atom stereocenters. The molecular formula is C21H17N3O3. The zero-order chi connectivity index (χ0) is 18.5. The topological polar surface area (TPSA) is 62.6 Å². The van der Waals surface area contributed by atoms with Crippen LogP contribution in [-0.4, -0.2) is 45.2 Å². The monoisotopic (exact) mass is 359 g/mol. The number of para-hydroxylation sites is 1. The molecule has 0 aliphatic carbocycles. The van der Waals surface area contributed by atoms with Crippen molar-refractivity contribution < 1.29 is 14.4 Å². The minimum atomic E-state index is -0.393. The number of imide groups is 1. The van der Waals surface area contributed by atoms with Gasteiger partial charge in [0.15, 0.2) is 0 Å². The summed E-state index contributed by atoms with van der Waals surface area (Å²) in [6.07, 6.45) is 0. The number of carbonyl (C=O) groups is 3. The molecular weight excluding hydrogens is 342 g/mol. The van der Waals surface area contributed by atoms with E-state index in [1.807, 2.05) is 12.1 Å². The summed E-state index contributed by atoms with van der Waals surface area (Å²) in [7, 11) is 0. The Labute approximate surface area is 155 Å². The highest BCUT2D eigenvalue weighted by atomic mass is 16.2. The number of rotatable bonds is 2. The number of carbonyl (C=O) groups excluding carboxylic acids is 3. The average molecular weight is 359 g/mol. The molecule has 2 aromatic carbocycles. The molecule has 0 saturated carbocycles. The number of fused-ring (bicyclic) bond motifs is 4. The van der Waals surface area contributed by atoms with Gasteiger partial charge in [-0.15, -0.1) is 0 Å². The van der Waals surface area contributed by atoms with Gasteiger partial charge in [0.2, 0.25) is 5.91 Å². The summed E-state index contributed by atoms with van der Waals surface area (Å²) in [5.41, 5.74) is 2.97. The summed E-state index contributed by atoms with van der Waals surface area (Å²) in [6, 6.07) is 16.9. The van der Waals surface area contributed by atoms with Crippen LogP contribution in [0.25, 0.3) is 10.9 Å². The van der Waals surface area contributed by atoms with E-state index in [4.69, 9.17) is 0 Å². The molecule has 3 aromatic rings. The number of hydrogen-bond donors (Lipinski definition) is 0. The molecule has 0 bridgehead atoms. The van der Waals surface area contributed by atoms with Crippen LogP contribution in [0.1, 0.15) is 26.4 Å². The van der Waals surface area contributed by atoms with Crippen molar-refractivity contribution in [3.8, 4) is 0 Å². The fraction of sp³-hybridized carbons (Fsp3) is 0.190. The van der Waals surface area contributed by atoms with Crippen LogP contribution in [0.15, 0.2) is 54.6 Å². The van der Waals surface area contributed by atoms with Crippen LogP contribution in [0.3, 0.4) is 0 Å².